The number of aryl methyl sites for hydroxylation is 4. The second-order valence-corrected chi connectivity index (χ2v) is 8.95. The van der Waals surface area contributed by atoms with Crippen LogP contribution in [-0.2, 0) is 9.59 Å². The summed E-state index contributed by atoms with van der Waals surface area (Å²) in [5, 5.41) is 0.115. The van der Waals surface area contributed by atoms with Gasteiger partial charge in [-0.15, -0.1) is 0 Å². The van der Waals surface area contributed by atoms with Gasteiger partial charge in [0.25, 0.3) is 11.8 Å². The molecule has 0 atom stereocenters. The van der Waals surface area contributed by atoms with Crippen LogP contribution in [0.15, 0.2) is 63.2 Å². The average molecular weight is 509 g/mol. The molecule has 7 heteroatoms. The van der Waals surface area contributed by atoms with Gasteiger partial charge in [-0.3, -0.25) is 19.4 Å². The van der Waals surface area contributed by atoms with Crippen molar-refractivity contribution in [1.29, 1.82) is 0 Å². The molecule has 32 heavy (non-hydrogen) atoms. The summed E-state index contributed by atoms with van der Waals surface area (Å²) in [6, 6.07) is 14.7. The molecule has 162 valence electrons. The minimum Gasteiger partial charge on any atom is -0.450 e. The molecule has 3 aromatic rings. The van der Waals surface area contributed by atoms with Gasteiger partial charge in [0, 0.05) is 0 Å². The third-order valence-corrected chi connectivity index (χ3v) is 6.42. The maximum Gasteiger partial charge on any atom is 0.270 e. The molecular formula is C25H21BrN2O3S. The van der Waals surface area contributed by atoms with Crippen molar-refractivity contribution in [2.24, 2.45) is 0 Å². The van der Waals surface area contributed by atoms with Crippen molar-refractivity contribution in [3.05, 3.63) is 86.8 Å². The molecule has 0 aliphatic carbocycles. The second-order valence-electron chi connectivity index (χ2n) is 7.80. The highest BCUT2D eigenvalue weighted by Crippen LogP contribution is 2.32. The molecule has 0 N–H and O–H groups in total. The lowest BCUT2D eigenvalue weighted by Crippen LogP contribution is -2.57. The van der Waals surface area contributed by atoms with Gasteiger partial charge in [0.1, 0.15) is 11.3 Å². The molecule has 0 spiro atoms. The fourth-order valence-corrected chi connectivity index (χ4v) is 4.16. The van der Waals surface area contributed by atoms with Crippen LogP contribution in [-0.4, -0.2) is 16.9 Å². The van der Waals surface area contributed by atoms with Gasteiger partial charge in [-0.2, -0.15) is 0 Å². The number of anilines is 2. The molecule has 1 fully saturated rings. The summed E-state index contributed by atoms with van der Waals surface area (Å²) in [7, 11) is 0. The summed E-state index contributed by atoms with van der Waals surface area (Å²) < 4.78 is 6.03. The first-order chi connectivity index (χ1) is 15.2. The number of thiocarbonyl (C=S) groups is 1. The second kappa shape index (κ2) is 8.48. The number of rotatable bonds is 3. The van der Waals surface area contributed by atoms with Crippen LogP contribution in [0.1, 0.15) is 28.0 Å². The molecule has 0 unspecified atom stereocenters. The van der Waals surface area contributed by atoms with E-state index < -0.39 is 11.8 Å². The molecule has 0 saturated carbocycles. The van der Waals surface area contributed by atoms with Crippen LogP contribution in [0.25, 0.3) is 6.08 Å². The number of nitrogens with zero attached hydrogens (tertiary/aromatic N) is 2. The van der Waals surface area contributed by atoms with Gasteiger partial charge < -0.3 is 4.42 Å². The Labute approximate surface area is 200 Å². The van der Waals surface area contributed by atoms with Gasteiger partial charge >= 0.3 is 0 Å². The van der Waals surface area contributed by atoms with Gasteiger partial charge in [-0.25, -0.2) is 0 Å². The van der Waals surface area contributed by atoms with Crippen LogP contribution in [0.5, 0.6) is 0 Å². The Morgan fingerprint density at radius 1 is 0.781 bits per heavy atom. The molecule has 1 aliphatic rings. The standard InChI is InChI=1S/C25H21BrN2O3S/c1-14-5-7-18(11-16(14)3)27-23(29)21(13-20-9-10-22(26)31-20)24(30)28(25(27)32)19-8-6-15(2)17(4)12-19/h5-13H,1-4H3. The highest BCUT2D eigenvalue weighted by Gasteiger charge is 2.41. The number of benzene rings is 2. The predicted octanol–water partition coefficient (Wildman–Crippen LogP) is 6.02. The minimum absolute atomic E-state index is 0.0306. The van der Waals surface area contributed by atoms with Crippen LogP contribution in [0.3, 0.4) is 0 Å². The summed E-state index contributed by atoms with van der Waals surface area (Å²) in [6.45, 7) is 7.94. The number of halogens is 1. The van der Waals surface area contributed by atoms with Gasteiger partial charge in [0.2, 0.25) is 0 Å². The normalized spacial score (nSPS) is 14.4. The Bertz CT molecular complexity index is 1230. The van der Waals surface area contributed by atoms with Gasteiger partial charge in [0.05, 0.1) is 11.4 Å². The van der Waals surface area contributed by atoms with E-state index >= 15 is 0 Å². The number of hydrogen-bond donors (Lipinski definition) is 0. The maximum absolute atomic E-state index is 13.5. The van der Waals surface area contributed by atoms with Crippen molar-refractivity contribution in [2.45, 2.75) is 27.7 Å². The zero-order chi connectivity index (χ0) is 23.2. The number of carbonyl (C=O) groups is 2. The Morgan fingerprint density at radius 3 is 1.69 bits per heavy atom. The molecule has 0 radical (unpaired) electrons. The molecule has 2 heterocycles. The van der Waals surface area contributed by atoms with E-state index in [2.05, 4.69) is 15.9 Å². The van der Waals surface area contributed by atoms with Crippen molar-refractivity contribution in [3.63, 3.8) is 0 Å². The first-order valence-electron chi connectivity index (χ1n) is 10.0. The quantitative estimate of drug-likeness (QED) is 0.246. The van der Waals surface area contributed by atoms with Crippen LogP contribution in [0, 0.1) is 27.7 Å². The number of amides is 2. The monoisotopic (exact) mass is 508 g/mol. The van der Waals surface area contributed by atoms with Crippen molar-refractivity contribution in [2.75, 3.05) is 9.80 Å². The van der Waals surface area contributed by atoms with Gasteiger partial charge in [0.15, 0.2) is 9.78 Å². The Hall–Kier alpha value is -3.03. The fraction of sp³-hybridized carbons (Fsp3) is 0.160. The number of furan rings is 1. The van der Waals surface area contributed by atoms with E-state index in [9.17, 15) is 9.59 Å². The molecule has 5 nitrogen and oxygen atoms in total. The third kappa shape index (κ3) is 3.94. The van der Waals surface area contributed by atoms with Gasteiger partial charge in [-0.05, 0) is 121 Å². The van der Waals surface area contributed by atoms with Gasteiger partial charge in [-0.1, -0.05) is 12.1 Å². The lowest BCUT2D eigenvalue weighted by molar-refractivity contribution is -0.120. The highest BCUT2D eigenvalue weighted by atomic mass is 79.9. The Balaban J connectivity index is 1.89. The first-order valence-corrected chi connectivity index (χ1v) is 11.2. The van der Waals surface area contributed by atoms with Crippen LogP contribution in [0.2, 0.25) is 0 Å². The average Bonchev–Trinajstić information content (AvgIpc) is 3.15. The van der Waals surface area contributed by atoms with E-state index in [1.165, 1.54) is 15.9 Å². The van der Waals surface area contributed by atoms with Crippen LogP contribution in [0.4, 0.5) is 11.4 Å². The fourth-order valence-electron chi connectivity index (χ4n) is 3.46. The highest BCUT2D eigenvalue weighted by molar-refractivity contribution is 9.10. The third-order valence-electron chi connectivity index (χ3n) is 5.63. The molecule has 1 aliphatic heterocycles. The summed E-state index contributed by atoms with van der Waals surface area (Å²) >= 11 is 8.95. The molecular weight excluding hydrogens is 488 g/mol. The lowest BCUT2D eigenvalue weighted by Gasteiger charge is -2.36. The van der Waals surface area contributed by atoms with Crippen molar-refractivity contribution >= 4 is 62.5 Å². The Morgan fingerprint density at radius 2 is 1.28 bits per heavy atom. The minimum atomic E-state index is -0.490. The number of hydrogen-bond acceptors (Lipinski definition) is 4. The summed E-state index contributed by atoms with van der Waals surface area (Å²) in [5.74, 6) is -0.590. The zero-order valence-corrected chi connectivity index (χ0v) is 20.5. The van der Waals surface area contributed by atoms with E-state index in [-0.39, 0.29) is 10.7 Å². The molecule has 1 saturated heterocycles. The smallest absolute Gasteiger partial charge is 0.270 e. The first kappa shape index (κ1) is 22.2. The molecule has 2 aromatic carbocycles. The van der Waals surface area contributed by atoms with E-state index in [0.29, 0.717) is 21.8 Å². The molecule has 1 aromatic heterocycles. The SMILES string of the molecule is Cc1ccc(N2C(=O)C(=Cc3ccc(Br)o3)C(=O)N(c3ccc(C)c(C)c3)C2=S)cc1C. The van der Waals surface area contributed by atoms with Crippen molar-refractivity contribution in [3.8, 4) is 0 Å². The van der Waals surface area contributed by atoms with Crippen molar-refractivity contribution in [1.82, 2.24) is 0 Å². The summed E-state index contributed by atoms with van der Waals surface area (Å²) in [4.78, 5) is 29.9. The molecule has 2 amide bonds. The van der Waals surface area contributed by atoms with E-state index in [1.54, 1.807) is 12.1 Å². The van der Waals surface area contributed by atoms with E-state index in [1.807, 2.05) is 64.1 Å². The van der Waals surface area contributed by atoms with Crippen molar-refractivity contribution < 1.29 is 14.0 Å². The summed E-state index contributed by atoms with van der Waals surface area (Å²) in [5.41, 5.74) is 5.43. The van der Waals surface area contributed by atoms with Crippen LogP contribution < -0.4 is 9.80 Å². The number of carbonyl (C=O) groups excluding carboxylic acids is 2. The summed E-state index contributed by atoms with van der Waals surface area (Å²) in [6.07, 6.45) is 1.46. The molecule has 4 rings (SSSR count). The van der Waals surface area contributed by atoms with E-state index in [0.717, 1.165) is 22.3 Å². The predicted molar refractivity (Wildman–Crippen MR) is 134 cm³/mol. The largest absolute Gasteiger partial charge is 0.450 e. The van der Waals surface area contributed by atoms with E-state index in [4.69, 9.17) is 16.6 Å². The zero-order valence-electron chi connectivity index (χ0n) is 18.1. The topological polar surface area (TPSA) is 53.8 Å². The Kier molecular flexibility index (Phi) is 5.88. The molecule has 0 bridgehead atoms. The lowest BCUT2D eigenvalue weighted by atomic mass is 10.0. The van der Waals surface area contributed by atoms with Crippen LogP contribution >= 0.6 is 28.1 Å². The maximum atomic E-state index is 13.5.